The molecule has 42 heavy (non-hydrogen) atoms. The molecule has 4 rings (SSSR count). The van der Waals surface area contributed by atoms with Crippen LogP contribution in [0.2, 0.25) is 5.02 Å². The summed E-state index contributed by atoms with van der Waals surface area (Å²) in [6, 6.07) is 9.57. The molecule has 1 saturated carbocycles. The molecule has 2 aromatic heterocycles. The summed E-state index contributed by atoms with van der Waals surface area (Å²) in [4.78, 5) is 48.3. The van der Waals surface area contributed by atoms with Gasteiger partial charge in [0, 0.05) is 41.7 Å². The standard InChI is InChI=1S/C28H24ClF3N6O4/c29-22-4-2-1-3-21(22)25(26(40)36-19-5-8-28(31,32)9-6-19)38(20-12-18(30)14-34-15-20)24(39)16-42-27(41)37-23-11-17(13-33)7-10-35-23/h1-4,7,10-12,14-15,19,25H,5-6,8-9,16H2,(H,36,40)(H,35,37,41)/t25-/m0/s1. The predicted molar refractivity (Wildman–Crippen MR) is 145 cm³/mol. The number of hydrogen-bond donors (Lipinski definition) is 2. The quantitative estimate of drug-likeness (QED) is 0.364. The summed E-state index contributed by atoms with van der Waals surface area (Å²) >= 11 is 6.42. The van der Waals surface area contributed by atoms with Crippen LogP contribution in [-0.4, -0.2) is 46.4 Å². The van der Waals surface area contributed by atoms with Crippen molar-refractivity contribution < 1.29 is 32.3 Å². The van der Waals surface area contributed by atoms with Crippen molar-refractivity contribution in [3.8, 4) is 6.07 Å². The molecule has 3 amide bonds. The zero-order valence-corrected chi connectivity index (χ0v) is 22.7. The number of benzene rings is 1. The lowest BCUT2D eigenvalue weighted by atomic mass is 9.91. The Kier molecular flexibility index (Phi) is 9.59. The molecule has 0 spiro atoms. The summed E-state index contributed by atoms with van der Waals surface area (Å²) in [6.07, 6.45) is 1.41. The smallest absolute Gasteiger partial charge is 0.413 e. The highest BCUT2D eigenvalue weighted by Crippen LogP contribution is 2.35. The van der Waals surface area contributed by atoms with Gasteiger partial charge < -0.3 is 10.1 Å². The molecule has 1 atom stereocenters. The Bertz CT molecular complexity index is 1510. The number of nitrogens with zero attached hydrogens (tertiary/aromatic N) is 4. The van der Waals surface area contributed by atoms with Crippen molar-refractivity contribution in [2.24, 2.45) is 0 Å². The first-order valence-corrected chi connectivity index (χ1v) is 13.1. The van der Waals surface area contributed by atoms with Crippen LogP contribution in [0.4, 0.5) is 29.5 Å². The van der Waals surface area contributed by atoms with Crippen molar-refractivity contribution in [2.75, 3.05) is 16.8 Å². The maximum Gasteiger partial charge on any atom is 0.413 e. The molecule has 0 aliphatic heterocycles. The highest BCUT2D eigenvalue weighted by atomic mass is 35.5. The van der Waals surface area contributed by atoms with E-state index in [2.05, 4.69) is 20.6 Å². The molecule has 0 saturated heterocycles. The first-order chi connectivity index (χ1) is 20.1. The van der Waals surface area contributed by atoms with E-state index in [9.17, 15) is 27.6 Å². The van der Waals surface area contributed by atoms with Crippen molar-refractivity contribution in [3.63, 3.8) is 0 Å². The van der Waals surface area contributed by atoms with E-state index >= 15 is 0 Å². The molecule has 3 aromatic rings. The average molecular weight is 601 g/mol. The second-order valence-corrected chi connectivity index (χ2v) is 9.84. The summed E-state index contributed by atoms with van der Waals surface area (Å²) in [5, 5.41) is 14.1. The topological polar surface area (TPSA) is 137 Å². The Hall–Kier alpha value is -4.70. The molecule has 1 aliphatic rings. The molecule has 0 unspecified atom stereocenters. The van der Waals surface area contributed by atoms with Crippen LogP contribution in [0.25, 0.3) is 0 Å². The summed E-state index contributed by atoms with van der Waals surface area (Å²) in [5.41, 5.74) is 0.219. The molecule has 1 aromatic carbocycles. The third kappa shape index (κ3) is 7.73. The van der Waals surface area contributed by atoms with Gasteiger partial charge in [-0.3, -0.25) is 24.8 Å². The van der Waals surface area contributed by atoms with Gasteiger partial charge in [0.2, 0.25) is 11.8 Å². The van der Waals surface area contributed by atoms with Crippen molar-refractivity contribution in [2.45, 2.75) is 43.7 Å². The lowest BCUT2D eigenvalue weighted by molar-refractivity contribution is -0.128. The fourth-order valence-electron chi connectivity index (χ4n) is 4.43. The number of nitrogens with one attached hydrogen (secondary N) is 2. The molecule has 218 valence electrons. The Balaban J connectivity index is 1.62. The monoisotopic (exact) mass is 600 g/mol. The Morgan fingerprint density at radius 3 is 2.60 bits per heavy atom. The van der Waals surface area contributed by atoms with Crippen molar-refractivity contribution >= 4 is 41.0 Å². The first-order valence-electron chi connectivity index (χ1n) is 12.7. The van der Waals surface area contributed by atoms with Crippen LogP contribution in [0.5, 0.6) is 0 Å². The number of rotatable bonds is 8. The van der Waals surface area contributed by atoms with Gasteiger partial charge in [-0.25, -0.2) is 22.9 Å². The zero-order valence-electron chi connectivity index (χ0n) is 21.9. The Morgan fingerprint density at radius 1 is 1.17 bits per heavy atom. The number of carbonyl (C=O) groups excluding carboxylic acids is 3. The fraction of sp³-hybridized carbons (Fsp3) is 0.286. The van der Waals surface area contributed by atoms with E-state index in [1.54, 1.807) is 12.1 Å². The van der Waals surface area contributed by atoms with E-state index in [4.69, 9.17) is 21.6 Å². The van der Waals surface area contributed by atoms with Crippen LogP contribution in [0.3, 0.4) is 0 Å². The Morgan fingerprint density at radius 2 is 1.90 bits per heavy atom. The minimum absolute atomic E-state index is 0.00771. The summed E-state index contributed by atoms with van der Waals surface area (Å²) in [5.74, 6) is -5.38. The average Bonchev–Trinajstić information content (AvgIpc) is 2.96. The van der Waals surface area contributed by atoms with Crippen LogP contribution in [0.15, 0.2) is 61.1 Å². The number of pyridine rings is 2. The normalized spacial score (nSPS) is 15.1. The minimum Gasteiger partial charge on any atom is -0.439 e. The van der Waals surface area contributed by atoms with Gasteiger partial charge in [-0.2, -0.15) is 5.26 Å². The molecule has 2 heterocycles. The van der Waals surface area contributed by atoms with Gasteiger partial charge in [0.1, 0.15) is 17.7 Å². The highest BCUT2D eigenvalue weighted by Gasteiger charge is 2.39. The predicted octanol–water partition coefficient (Wildman–Crippen LogP) is 5.16. The number of carbonyl (C=O) groups is 3. The number of aromatic nitrogens is 2. The summed E-state index contributed by atoms with van der Waals surface area (Å²) < 4.78 is 46.8. The van der Waals surface area contributed by atoms with E-state index in [1.807, 2.05) is 6.07 Å². The van der Waals surface area contributed by atoms with Crippen LogP contribution >= 0.6 is 11.6 Å². The first kappa shape index (κ1) is 30.3. The fourth-order valence-corrected chi connectivity index (χ4v) is 4.67. The van der Waals surface area contributed by atoms with Gasteiger partial charge in [-0.05, 0) is 31.0 Å². The van der Waals surface area contributed by atoms with Crippen LogP contribution in [0.1, 0.15) is 42.9 Å². The van der Waals surface area contributed by atoms with Crippen LogP contribution in [0, 0.1) is 17.1 Å². The van der Waals surface area contributed by atoms with Gasteiger partial charge in [0.05, 0.1) is 29.7 Å². The number of halogens is 4. The largest absolute Gasteiger partial charge is 0.439 e. The third-order valence-electron chi connectivity index (χ3n) is 6.45. The maximum atomic E-state index is 14.3. The van der Waals surface area contributed by atoms with Crippen LogP contribution < -0.4 is 15.5 Å². The second-order valence-electron chi connectivity index (χ2n) is 9.43. The van der Waals surface area contributed by atoms with Gasteiger partial charge in [-0.15, -0.1) is 0 Å². The maximum absolute atomic E-state index is 14.3. The number of hydrogen-bond acceptors (Lipinski definition) is 7. The van der Waals surface area contributed by atoms with E-state index in [0.717, 1.165) is 23.4 Å². The van der Waals surface area contributed by atoms with Gasteiger partial charge in [0.15, 0.2) is 6.61 Å². The minimum atomic E-state index is -2.83. The van der Waals surface area contributed by atoms with Crippen molar-refractivity contribution in [3.05, 3.63) is 83.0 Å². The number of amides is 3. The number of ether oxygens (including phenoxy) is 1. The molecule has 2 N–H and O–H groups in total. The zero-order chi connectivity index (χ0) is 30.3. The molecule has 0 bridgehead atoms. The van der Waals surface area contributed by atoms with E-state index < -0.39 is 61.2 Å². The van der Waals surface area contributed by atoms with Gasteiger partial charge in [0.25, 0.3) is 5.91 Å². The summed E-state index contributed by atoms with van der Waals surface area (Å²) in [7, 11) is 0. The van der Waals surface area contributed by atoms with E-state index in [-0.39, 0.29) is 40.5 Å². The van der Waals surface area contributed by atoms with Crippen molar-refractivity contribution in [1.82, 2.24) is 15.3 Å². The van der Waals surface area contributed by atoms with Crippen molar-refractivity contribution in [1.29, 1.82) is 5.26 Å². The van der Waals surface area contributed by atoms with E-state index in [0.29, 0.717) is 0 Å². The highest BCUT2D eigenvalue weighted by molar-refractivity contribution is 6.31. The Labute approximate surface area is 243 Å². The molecule has 1 aliphatic carbocycles. The SMILES string of the molecule is N#Cc1ccnc(NC(=O)OCC(=O)N(c2cncc(F)c2)[C@H](C(=O)NC2CCC(F)(F)CC2)c2ccccc2Cl)c1. The molecule has 0 radical (unpaired) electrons. The molecular weight excluding hydrogens is 577 g/mol. The number of nitriles is 1. The second kappa shape index (κ2) is 13.3. The van der Waals surface area contributed by atoms with Gasteiger partial charge in [-0.1, -0.05) is 29.8 Å². The number of anilines is 2. The third-order valence-corrected chi connectivity index (χ3v) is 6.80. The molecule has 14 heteroatoms. The molecule has 1 fully saturated rings. The number of alkyl halides is 2. The molecule has 10 nitrogen and oxygen atoms in total. The van der Waals surface area contributed by atoms with E-state index in [1.165, 1.54) is 30.5 Å². The molecular formula is C28H24ClF3N6O4. The lowest BCUT2D eigenvalue weighted by Gasteiger charge is -2.34. The summed E-state index contributed by atoms with van der Waals surface area (Å²) in [6.45, 7) is -0.913. The van der Waals surface area contributed by atoms with Gasteiger partial charge >= 0.3 is 6.09 Å². The van der Waals surface area contributed by atoms with Crippen LogP contribution in [-0.2, 0) is 14.3 Å². The lowest BCUT2D eigenvalue weighted by Crippen LogP contribution is -2.49.